The van der Waals surface area contributed by atoms with Gasteiger partial charge in [0.15, 0.2) is 17.3 Å². The SMILES string of the molecule is Cc1ccc(-c2ccc(=O)n(-c3c(C)noc3C)n2)cc1S(=O)(=O)NCc1ccc2c(c1)OCO2. The molecule has 3 heterocycles. The summed E-state index contributed by atoms with van der Waals surface area (Å²) in [5, 5.41) is 8.33. The molecule has 5 rings (SSSR count). The predicted octanol–water partition coefficient (Wildman–Crippen LogP) is 3.02. The van der Waals surface area contributed by atoms with Crippen molar-refractivity contribution in [3.05, 3.63) is 81.5 Å². The van der Waals surface area contributed by atoms with Crippen molar-refractivity contribution in [3.8, 4) is 28.4 Å². The van der Waals surface area contributed by atoms with Gasteiger partial charge in [0, 0.05) is 18.2 Å². The molecular weight excluding hydrogens is 472 g/mol. The fourth-order valence-electron chi connectivity index (χ4n) is 3.86. The Morgan fingerprint density at radius 2 is 1.80 bits per heavy atom. The molecule has 1 N–H and O–H groups in total. The zero-order valence-electron chi connectivity index (χ0n) is 19.2. The third-order valence-electron chi connectivity index (χ3n) is 5.68. The number of rotatable bonds is 6. The van der Waals surface area contributed by atoms with Gasteiger partial charge in [-0.1, -0.05) is 23.4 Å². The molecular formula is C24H22N4O6S. The van der Waals surface area contributed by atoms with Gasteiger partial charge in [-0.15, -0.1) is 0 Å². The van der Waals surface area contributed by atoms with E-state index < -0.39 is 10.0 Å². The topological polar surface area (TPSA) is 126 Å². The summed E-state index contributed by atoms with van der Waals surface area (Å²) in [4.78, 5) is 12.6. The van der Waals surface area contributed by atoms with Crippen molar-refractivity contribution in [2.24, 2.45) is 0 Å². The molecule has 0 radical (unpaired) electrons. The van der Waals surface area contributed by atoms with Gasteiger partial charge in [0.1, 0.15) is 11.4 Å². The Morgan fingerprint density at radius 1 is 1.00 bits per heavy atom. The van der Waals surface area contributed by atoms with E-state index in [-0.39, 0.29) is 23.8 Å². The van der Waals surface area contributed by atoms with Crippen molar-refractivity contribution in [1.82, 2.24) is 19.7 Å². The molecule has 0 spiro atoms. The number of nitrogens with zero attached hydrogens (tertiary/aromatic N) is 3. The van der Waals surface area contributed by atoms with Gasteiger partial charge in [0.25, 0.3) is 5.56 Å². The third-order valence-corrected chi connectivity index (χ3v) is 7.23. The first kappa shape index (κ1) is 22.8. The van der Waals surface area contributed by atoms with Gasteiger partial charge < -0.3 is 14.0 Å². The molecule has 11 heteroatoms. The summed E-state index contributed by atoms with van der Waals surface area (Å²) < 4.78 is 46.0. The number of sulfonamides is 1. The monoisotopic (exact) mass is 494 g/mol. The lowest BCUT2D eigenvalue weighted by atomic mass is 10.1. The van der Waals surface area contributed by atoms with Gasteiger partial charge in [0.05, 0.1) is 10.6 Å². The van der Waals surface area contributed by atoms with Crippen LogP contribution in [0.25, 0.3) is 16.9 Å². The first-order chi connectivity index (χ1) is 16.7. The summed E-state index contributed by atoms with van der Waals surface area (Å²) in [6.45, 7) is 5.36. The lowest BCUT2D eigenvalue weighted by Gasteiger charge is -2.12. The van der Waals surface area contributed by atoms with Crippen molar-refractivity contribution in [2.45, 2.75) is 32.2 Å². The Morgan fingerprint density at radius 3 is 2.57 bits per heavy atom. The summed E-state index contributed by atoms with van der Waals surface area (Å²) in [6, 6.07) is 13.2. The van der Waals surface area contributed by atoms with Crippen LogP contribution in [0.5, 0.6) is 11.5 Å². The van der Waals surface area contributed by atoms with Gasteiger partial charge >= 0.3 is 0 Å². The Kier molecular flexibility index (Phi) is 5.65. The maximum Gasteiger partial charge on any atom is 0.271 e. The van der Waals surface area contributed by atoms with Crippen molar-refractivity contribution in [2.75, 3.05) is 6.79 Å². The van der Waals surface area contributed by atoms with Crippen molar-refractivity contribution in [3.63, 3.8) is 0 Å². The zero-order valence-corrected chi connectivity index (χ0v) is 20.0. The van der Waals surface area contributed by atoms with Crippen molar-refractivity contribution in [1.29, 1.82) is 0 Å². The highest BCUT2D eigenvalue weighted by Crippen LogP contribution is 2.32. The average molecular weight is 495 g/mol. The van der Waals surface area contributed by atoms with Crippen LogP contribution in [-0.2, 0) is 16.6 Å². The van der Waals surface area contributed by atoms with Crippen LogP contribution < -0.4 is 19.8 Å². The molecule has 180 valence electrons. The number of hydrogen-bond donors (Lipinski definition) is 1. The van der Waals surface area contributed by atoms with Gasteiger partial charge in [-0.05, 0) is 56.2 Å². The molecule has 0 saturated heterocycles. The fourth-order valence-corrected chi connectivity index (χ4v) is 5.15. The molecule has 4 aromatic rings. The number of nitrogens with one attached hydrogen (secondary N) is 1. The average Bonchev–Trinajstić information content (AvgIpc) is 3.44. The second-order valence-electron chi connectivity index (χ2n) is 8.13. The first-order valence-electron chi connectivity index (χ1n) is 10.8. The summed E-state index contributed by atoms with van der Waals surface area (Å²) in [5.41, 5.74) is 2.91. The minimum Gasteiger partial charge on any atom is -0.454 e. The number of fused-ring (bicyclic) bond motifs is 1. The molecule has 0 saturated carbocycles. The second-order valence-corrected chi connectivity index (χ2v) is 9.87. The van der Waals surface area contributed by atoms with Gasteiger partial charge in [-0.2, -0.15) is 9.78 Å². The van der Waals surface area contributed by atoms with Crippen LogP contribution in [0.15, 0.2) is 62.7 Å². The normalized spacial score (nSPS) is 12.8. The Labute approximate surface area is 201 Å². The van der Waals surface area contributed by atoms with E-state index in [1.54, 1.807) is 63.2 Å². The van der Waals surface area contributed by atoms with Crippen LogP contribution in [0.4, 0.5) is 0 Å². The first-order valence-corrected chi connectivity index (χ1v) is 12.2. The van der Waals surface area contributed by atoms with E-state index in [4.69, 9.17) is 14.0 Å². The molecule has 0 bridgehead atoms. The molecule has 0 atom stereocenters. The Bertz CT molecular complexity index is 1590. The summed E-state index contributed by atoms with van der Waals surface area (Å²) in [6.07, 6.45) is 0. The van der Waals surface area contributed by atoms with E-state index in [0.717, 1.165) is 5.56 Å². The predicted molar refractivity (Wildman–Crippen MR) is 126 cm³/mol. The van der Waals surface area contributed by atoms with E-state index in [2.05, 4.69) is 15.0 Å². The van der Waals surface area contributed by atoms with Gasteiger partial charge in [-0.3, -0.25) is 4.79 Å². The minimum absolute atomic E-state index is 0.0812. The smallest absolute Gasteiger partial charge is 0.271 e. The van der Waals surface area contributed by atoms with Crippen molar-refractivity contribution >= 4 is 10.0 Å². The number of aryl methyl sites for hydroxylation is 3. The standard InChI is InChI=1S/C24H22N4O6S/c1-14-4-6-18(19-7-9-23(29)28(26-19)24-15(2)27-34-16(24)3)11-22(14)35(30,31)25-12-17-5-8-20-21(10-17)33-13-32-20/h4-11,25H,12-13H2,1-3H3. The molecule has 0 aliphatic carbocycles. The molecule has 0 fully saturated rings. The highest BCUT2D eigenvalue weighted by Gasteiger charge is 2.20. The van der Waals surface area contributed by atoms with E-state index in [1.165, 1.54) is 10.7 Å². The number of hydrogen-bond acceptors (Lipinski definition) is 8. The van der Waals surface area contributed by atoms with Crippen LogP contribution in [-0.4, -0.2) is 30.1 Å². The molecule has 0 amide bonds. The quantitative estimate of drug-likeness (QED) is 0.434. The maximum atomic E-state index is 13.2. The van der Waals surface area contributed by atoms with Crippen LogP contribution >= 0.6 is 0 Å². The van der Waals surface area contributed by atoms with Crippen LogP contribution in [0, 0.1) is 20.8 Å². The van der Waals surface area contributed by atoms with E-state index >= 15 is 0 Å². The van der Waals surface area contributed by atoms with Crippen LogP contribution in [0.1, 0.15) is 22.6 Å². The number of benzene rings is 2. The lowest BCUT2D eigenvalue weighted by Crippen LogP contribution is -2.24. The molecule has 2 aromatic carbocycles. The van der Waals surface area contributed by atoms with E-state index in [0.29, 0.717) is 45.5 Å². The van der Waals surface area contributed by atoms with Crippen molar-refractivity contribution < 1.29 is 22.4 Å². The Balaban J connectivity index is 1.46. The minimum atomic E-state index is -3.85. The molecule has 35 heavy (non-hydrogen) atoms. The third kappa shape index (κ3) is 4.31. The summed E-state index contributed by atoms with van der Waals surface area (Å²) in [5.74, 6) is 1.67. The van der Waals surface area contributed by atoms with Crippen LogP contribution in [0.2, 0.25) is 0 Å². The molecule has 1 aliphatic rings. The summed E-state index contributed by atoms with van der Waals surface area (Å²) >= 11 is 0. The highest BCUT2D eigenvalue weighted by atomic mass is 32.2. The molecule has 2 aromatic heterocycles. The molecule has 1 aliphatic heterocycles. The van der Waals surface area contributed by atoms with E-state index in [9.17, 15) is 13.2 Å². The zero-order chi connectivity index (χ0) is 24.7. The number of aromatic nitrogens is 3. The largest absolute Gasteiger partial charge is 0.454 e. The maximum absolute atomic E-state index is 13.2. The Hall–Kier alpha value is -3.96. The van der Waals surface area contributed by atoms with E-state index in [1.807, 2.05) is 0 Å². The fraction of sp³-hybridized carbons (Fsp3) is 0.208. The lowest BCUT2D eigenvalue weighted by molar-refractivity contribution is 0.174. The molecule has 10 nitrogen and oxygen atoms in total. The van der Waals surface area contributed by atoms with Crippen LogP contribution in [0.3, 0.4) is 0 Å². The van der Waals surface area contributed by atoms with Gasteiger partial charge in [-0.25, -0.2) is 13.1 Å². The molecule has 0 unspecified atom stereocenters. The number of ether oxygens (including phenoxy) is 2. The summed E-state index contributed by atoms with van der Waals surface area (Å²) in [7, 11) is -3.85. The highest BCUT2D eigenvalue weighted by molar-refractivity contribution is 7.89. The van der Waals surface area contributed by atoms with Gasteiger partial charge in [0.2, 0.25) is 16.8 Å². The second kappa shape index (κ2) is 8.67.